The minimum absolute atomic E-state index is 0.0806. The molecule has 6 unspecified atom stereocenters. The molecule has 1 fully saturated rings. The third kappa shape index (κ3) is 30.0. The Morgan fingerprint density at radius 2 is 0.919 bits per heavy atom. The number of rotatable bonds is 39. The molecule has 6 N–H and O–H groups in total. The Morgan fingerprint density at radius 1 is 0.516 bits per heavy atom. The van der Waals surface area contributed by atoms with Gasteiger partial charge in [-0.1, -0.05) is 172 Å². The molecule has 1 aliphatic rings. The van der Waals surface area contributed by atoms with Crippen molar-refractivity contribution in [1.29, 1.82) is 0 Å². The number of esters is 2. The van der Waals surface area contributed by atoms with Crippen molar-refractivity contribution in [2.45, 2.75) is 230 Å². The minimum Gasteiger partial charge on any atom is -0.462 e. The smallest absolute Gasteiger partial charge is 0.462 e. The van der Waals surface area contributed by atoms with Crippen LogP contribution in [-0.4, -0.2) is 98.3 Å². The van der Waals surface area contributed by atoms with Crippen molar-refractivity contribution in [3.05, 3.63) is 48.6 Å². The van der Waals surface area contributed by atoms with Gasteiger partial charge in [0.15, 0.2) is 6.10 Å². The topological polar surface area (TPSA) is 210 Å². The number of aliphatic hydroxyl groups excluding tert-OH is 5. The molecule has 0 radical (unpaired) electrons. The fourth-order valence-electron chi connectivity index (χ4n) is 7.10. The molecule has 0 aliphatic heterocycles. The van der Waals surface area contributed by atoms with E-state index in [1.807, 2.05) is 0 Å². The van der Waals surface area contributed by atoms with Gasteiger partial charge in [0.05, 0.1) is 6.61 Å². The summed E-state index contributed by atoms with van der Waals surface area (Å²) in [5, 5.41) is 50.2. The number of phosphoric acid groups is 1. The van der Waals surface area contributed by atoms with E-state index in [-0.39, 0.29) is 12.8 Å². The highest BCUT2D eigenvalue weighted by Gasteiger charge is 2.51. The third-order valence-corrected chi connectivity index (χ3v) is 11.9. The van der Waals surface area contributed by atoms with Crippen molar-refractivity contribution in [2.75, 3.05) is 13.2 Å². The number of carbonyl (C=O) groups excluding carboxylic acids is 2. The molecule has 1 aliphatic carbocycles. The Balaban J connectivity index is 2.45. The van der Waals surface area contributed by atoms with Gasteiger partial charge in [0.1, 0.15) is 43.2 Å². The normalized spacial score (nSPS) is 22.3. The number of phosphoric ester groups is 1. The monoisotopic (exact) mass is 901 g/mol. The molecule has 62 heavy (non-hydrogen) atoms. The number of aliphatic hydroxyl groups is 5. The van der Waals surface area contributed by atoms with E-state index >= 15 is 0 Å². The van der Waals surface area contributed by atoms with Gasteiger partial charge in [0.25, 0.3) is 0 Å². The molecule has 0 heterocycles. The lowest BCUT2D eigenvalue weighted by atomic mass is 9.85. The van der Waals surface area contributed by atoms with Crippen LogP contribution < -0.4 is 0 Å². The van der Waals surface area contributed by atoms with E-state index in [4.69, 9.17) is 18.5 Å². The largest absolute Gasteiger partial charge is 0.472 e. The number of hydrogen-bond acceptors (Lipinski definition) is 12. The Hall–Kier alpha value is -2.19. The molecule has 0 aromatic heterocycles. The lowest BCUT2D eigenvalue weighted by Gasteiger charge is -2.41. The van der Waals surface area contributed by atoms with E-state index in [1.54, 1.807) is 0 Å². The fourth-order valence-corrected chi connectivity index (χ4v) is 8.07. The zero-order valence-electron chi connectivity index (χ0n) is 38.2. The maximum Gasteiger partial charge on any atom is 0.472 e. The van der Waals surface area contributed by atoms with E-state index in [0.29, 0.717) is 12.8 Å². The first-order valence-corrected chi connectivity index (χ1v) is 25.4. The molecule has 0 aromatic carbocycles. The summed E-state index contributed by atoms with van der Waals surface area (Å²) in [6, 6.07) is 0. The van der Waals surface area contributed by atoms with Gasteiger partial charge in [-0.15, -0.1) is 0 Å². The highest BCUT2D eigenvalue weighted by molar-refractivity contribution is 7.47. The highest BCUT2D eigenvalue weighted by Crippen LogP contribution is 2.47. The van der Waals surface area contributed by atoms with E-state index < -0.39 is 75.7 Å². The summed E-state index contributed by atoms with van der Waals surface area (Å²) in [6.07, 6.45) is 31.6. The zero-order valence-corrected chi connectivity index (χ0v) is 39.0. The van der Waals surface area contributed by atoms with E-state index in [1.165, 1.54) is 64.2 Å². The first kappa shape index (κ1) is 57.8. The van der Waals surface area contributed by atoms with E-state index in [2.05, 4.69) is 62.5 Å². The van der Waals surface area contributed by atoms with Crippen molar-refractivity contribution in [3.63, 3.8) is 0 Å². The fraction of sp³-hybridized carbons (Fsp3) is 0.792. The molecular weight excluding hydrogens is 815 g/mol. The Bertz CT molecular complexity index is 1270. The maximum atomic E-state index is 12.8. The van der Waals surface area contributed by atoms with Crippen LogP contribution in [-0.2, 0) is 32.7 Å². The summed E-state index contributed by atoms with van der Waals surface area (Å²) in [5.41, 5.74) is 0. The predicted molar refractivity (Wildman–Crippen MR) is 244 cm³/mol. The van der Waals surface area contributed by atoms with Crippen molar-refractivity contribution in [2.24, 2.45) is 0 Å². The van der Waals surface area contributed by atoms with Crippen LogP contribution in [0.3, 0.4) is 0 Å². The highest BCUT2D eigenvalue weighted by atomic mass is 31.2. The second kappa shape index (κ2) is 38.1. The molecule has 14 heteroatoms. The van der Waals surface area contributed by atoms with E-state index in [0.717, 1.165) is 83.5 Å². The molecule has 360 valence electrons. The number of allylic oxidation sites excluding steroid dienone is 8. The number of carbonyl (C=O) groups is 2. The minimum atomic E-state index is -5.12. The van der Waals surface area contributed by atoms with Crippen LogP contribution in [0.4, 0.5) is 0 Å². The van der Waals surface area contributed by atoms with E-state index in [9.17, 15) is 44.6 Å². The Labute approximate surface area is 373 Å². The van der Waals surface area contributed by atoms with Crippen LogP contribution in [0.25, 0.3) is 0 Å². The molecule has 0 bridgehead atoms. The summed E-state index contributed by atoms with van der Waals surface area (Å²) >= 11 is 0. The standard InChI is InChI=1S/C48H85O13P/c1-3-5-7-9-11-13-15-17-19-20-21-22-23-25-27-29-31-33-35-37-42(50)60-40(39-59-62(56,57)61-48-46(54)44(52)43(51)45(53)47(48)55)38-58-41(49)36-34-32-30-28-26-24-18-16-14-12-10-8-6-4-2/h5,7,11,13,17,19,21-22,40,43-48,51-55H,3-4,6,8-10,12,14-16,18,20,23-39H2,1-2H3,(H,56,57)/b7-5-,13-11-,19-17-,22-21-. The van der Waals surface area contributed by atoms with Gasteiger partial charge in [-0.25, -0.2) is 4.57 Å². The van der Waals surface area contributed by atoms with Gasteiger partial charge in [-0.05, 0) is 51.4 Å². The Kier molecular flexibility index (Phi) is 35.5. The third-order valence-electron chi connectivity index (χ3n) is 10.9. The first-order valence-electron chi connectivity index (χ1n) is 23.9. The van der Waals surface area contributed by atoms with Gasteiger partial charge in [-0.2, -0.15) is 0 Å². The molecule has 1 rings (SSSR count). The molecule has 0 spiro atoms. The molecular formula is C48H85O13P. The van der Waals surface area contributed by atoms with Crippen molar-refractivity contribution < 1.29 is 63.1 Å². The Morgan fingerprint density at radius 3 is 1.40 bits per heavy atom. The zero-order chi connectivity index (χ0) is 45.7. The van der Waals surface area contributed by atoms with Crippen LogP contribution in [0.15, 0.2) is 48.6 Å². The lowest BCUT2D eigenvalue weighted by molar-refractivity contribution is -0.220. The van der Waals surface area contributed by atoms with Gasteiger partial charge < -0.3 is 39.9 Å². The van der Waals surface area contributed by atoms with Crippen LogP contribution >= 0.6 is 7.82 Å². The van der Waals surface area contributed by atoms with Gasteiger partial charge in [-0.3, -0.25) is 18.6 Å². The SMILES string of the molecule is CC/C=C\C/C=C\C/C=C\C/C=C\CCCCCCCCC(=O)OC(COC(=O)CCCCCCCCCCCCCCCC)COP(=O)(O)OC1C(O)C(O)C(O)C(O)C1O. The summed E-state index contributed by atoms with van der Waals surface area (Å²) in [6.45, 7) is 3.18. The molecule has 0 aromatic rings. The average Bonchev–Trinajstić information content (AvgIpc) is 3.25. The van der Waals surface area contributed by atoms with Gasteiger partial charge in [0.2, 0.25) is 0 Å². The van der Waals surface area contributed by atoms with Crippen molar-refractivity contribution in [1.82, 2.24) is 0 Å². The molecule has 6 atom stereocenters. The van der Waals surface area contributed by atoms with Gasteiger partial charge >= 0.3 is 19.8 Å². The second-order valence-corrected chi connectivity index (χ2v) is 18.0. The van der Waals surface area contributed by atoms with Crippen LogP contribution in [0.5, 0.6) is 0 Å². The summed E-state index contributed by atoms with van der Waals surface area (Å²) in [4.78, 5) is 35.7. The van der Waals surface area contributed by atoms with Crippen LogP contribution in [0, 0.1) is 0 Å². The number of ether oxygens (including phenoxy) is 2. The second-order valence-electron chi connectivity index (χ2n) is 16.6. The summed E-state index contributed by atoms with van der Waals surface area (Å²) in [7, 11) is -5.12. The molecule has 0 amide bonds. The summed E-state index contributed by atoms with van der Waals surface area (Å²) in [5.74, 6) is -1.11. The summed E-state index contributed by atoms with van der Waals surface area (Å²) < 4.78 is 33.6. The molecule has 13 nitrogen and oxygen atoms in total. The van der Waals surface area contributed by atoms with Gasteiger partial charge in [0, 0.05) is 12.8 Å². The van der Waals surface area contributed by atoms with Crippen molar-refractivity contribution in [3.8, 4) is 0 Å². The molecule has 0 saturated heterocycles. The predicted octanol–water partition coefficient (Wildman–Crippen LogP) is 9.56. The lowest BCUT2D eigenvalue weighted by Crippen LogP contribution is -2.64. The number of hydrogen-bond donors (Lipinski definition) is 6. The average molecular weight is 901 g/mol. The van der Waals surface area contributed by atoms with Crippen molar-refractivity contribution >= 4 is 19.8 Å². The van der Waals surface area contributed by atoms with Crippen LogP contribution in [0.2, 0.25) is 0 Å². The maximum absolute atomic E-state index is 12.8. The van der Waals surface area contributed by atoms with Crippen LogP contribution in [0.1, 0.15) is 187 Å². The first-order chi connectivity index (χ1) is 29.9. The quantitative estimate of drug-likeness (QED) is 0.0147. The number of unbranched alkanes of at least 4 members (excludes halogenated alkanes) is 19. The molecule has 1 saturated carbocycles.